The van der Waals surface area contributed by atoms with Crippen LogP contribution >= 0.6 is 15.9 Å². The largest absolute Gasteiger partial charge is 0.328 e. The smallest absolute Gasteiger partial charge is 0.143 e. The van der Waals surface area contributed by atoms with Crippen molar-refractivity contribution in [2.45, 2.75) is 44.6 Å². The van der Waals surface area contributed by atoms with E-state index >= 15 is 0 Å². The quantitative estimate of drug-likeness (QED) is 0.642. The molecule has 0 aliphatic heterocycles. The summed E-state index contributed by atoms with van der Waals surface area (Å²) in [5.74, 6) is -0.623. The Labute approximate surface area is 115 Å². The lowest BCUT2D eigenvalue weighted by molar-refractivity contribution is 0.413. The van der Waals surface area contributed by atoms with Crippen LogP contribution in [0.5, 0.6) is 0 Å². The van der Waals surface area contributed by atoms with E-state index < -0.39 is 11.6 Å². The Morgan fingerprint density at radius 3 is 2.72 bits per heavy atom. The number of rotatable bonds is 2. The predicted octanol–water partition coefficient (Wildman–Crippen LogP) is 4.18. The summed E-state index contributed by atoms with van der Waals surface area (Å²) < 4.78 is 27.9. The molecule has 0 spiro atoms. The van der Waals surface area contributed by atoms with Crippen LogP contribution in [0.3, 0.4) is 0 Å². The summed E-state index contributed by atoms with van der Waals surface area (Å²) in [4.78, 5) is 0. The van der Waals surface area contributed by atoms with Crippen LogP contribution in [-0.4, -0.2) is 6.04 Å². The zero-order valence-corrected chi connectivity index (χ0v) is 11.8. The first-order valence-corrected chi connectivity index (χ1v) is 7.25. The van der Waals surface area contributed by atoms with Crippen molar-refractivity contribution in [2.24, 2.45) is 11.7 Å². The third-order valence-corrected chi connectivity index (χ3v) is 4.32. The van der Waals surface area contributed by atoms with Crippen LogP contribution in [-0.2, 0) is 6.42 Å². The Bertz CT molecular complexity index is 423. The molecule has 0 heterocycles. The molecule has 0 bridgehead atoms. The lowest BCUT2D eigenvalue weighted by atomic mass is 9.91. The molecule has 4 heteroatoms. The summed E-state index contributed by atoms with van der Waals surface area (Å²) >= 11 is 3.11. The molecule has 1 saturated carbocycles. The lowest BCUT2D eigenvalue weighted by Crippen LogP contribution is -2.22. The van der Waals surface area contributed by atoms with E-state index in [9.17, 15) is 8.78 Å². The van der Waals surface area contributed by atoms with E-state index in [1.165, 1.54) is 12.1 Å². The Morgan fingerprint density at radius 2 is 1.94 bits per heavy atom. The molecule has 0 saturated heterocycles. The molecule has 2 rings (SSSR count). The summed E-state index contributed by atoms with van der Waals surface area (Å²) in [6.07, 6.45) is 5.59. The summed E-state index contributed by atoms with van der Waals surface area (Å²) in [6.45, 7) is 0. The van der Waals surface area contributed by atoms with Gasteiger partial charge in [0.25, 0.3) is 0 Å². The molecular weight excluding hydrogens is 300 g/mol. The van der Waals surface area contributed by atoms with E-state index in [1.807, 2.05) is 0 Å². The summed E-state index contributed by atoms with van der Waals surface area (Å²) in [5.41, 5.74) is 6.19. The fraction of sp³-hybridized carbons (Fsp3) is 0.571. The standard InChI is InChI=1S/C14H18BrF2N/c15-12-5-6-13(16)11(14(12)17)8-9-3-1-2-4-10(18)7-9/h5-6,9-10H,1-4,7-8,18H2. The SMILES string of the molecule is NC1CCCCC(Cc2c(F)ccc(Br)c2F)C1. The normalized spacial score (nSPS) is 24.9. The molecule has 0 amide bonds. The number of nitrogens with two attached hydrogens (primary N) is 1. The first-order valence-electron chi connectivity index (χ1n) is 6.46. The van der Waals surface area contributed by atoms with E-state index in [0.717, 1.165) is 32.1 Å². The minimum atomic E-state index is -0.465. The molecule has 1 aromatic rings. The average molecular weight is 318 g/mol. The van der Waals surface area contributed by atoms with Crippen molar-refractivity contribution in [3.05, 3.63) is 33.8 Å². The van der Waals surface area contributed by atoms with Crippen LogP contribution in [0.2, 0.25) is 0 Å². The Kier molecular flexibility index (Phi) is 4.73. The van der Waals surface area contributed by atoms with E-state index in [2.05, 4.69) is 15.9 Å². The topological polar surface area (TPSA) is 26.0 Å². The van der Waals surface area contributed by atoms with E-state index in [1.54, 1.807) is 0 Å². The highest BCUT2D eigenvalue weighted by molar-refractivity contribution is 9.10. The maximum absolute atomic E-state index is 13.9. The Balaban J connectivity index is 2.15. The maximum atomic E-state index is 13.9. The van der Waals surface area contributed by atoms with Crippen molar-refractivity contribution >= 4 is 15.9 Å². The third-order valence-electron chi connectivity index (χ3n) is 3.71. The zero-order chi connectivity index (χ0) is 13.1. The molecular formula is C14H18BrF2N. The molecule has 2 unspecified atom stereocenters. The first-order chi connectivity index (χ1) is 8.58. The van der Waals surface area contributed by atoms with Gasteiger partial charge in [0.1, 0.15) is 11.6 Å². The molecule has 0 aromatic heterocycles. The minimum Gasteiger partial charge on any atom is -0.328 e. The number of hydrogen-bond donors (Lipinski definition) is 1. The minimum absolute atomic E-state index is 0.177. The molecule has 2 atom stereocenters. The van der Waals surface area contributed by atoms with Crippen LogP contribution in [0, 0.1) is 17.6 Å². The monoisotopic (exact) mass is 317 g/mol. The van der Waals surface area contributed by atoms with E-state index in [4.69, 9.17) is 5.73 Å². The maximum Gasteiger partial charge on any atom is 0.143 e. The van der Waals surface area contributed by atoms with E-state index in [-0.39, 0.29) is 11.6 Å². The van der Waals surface area contributed by atoms with Gasteiger partial charge in [0.05, 0.1) is 4.47 Å². The Morgan fingerprint density at radius 1 is 1.22 bits per heavy atom. The molecule has 1 aromatic carbocycles. The number of hydrogen-bond acceptors (Lipinski definition) is 1. The second kappa shape index (κ2) is 6.11. The van der Waals surface area contributed by atoms with E-state index in [0.29, 0.717) is 16.8 Å². The summed E-state index contributed by atoms with van der Waals surface area (Å²) in [6, 6.07) is 2.90. The van der Waals surface area contributed by atoms with Gasteiger partial charge in [-0.25, -0.2) is 8.78 Å². The fourth-order valence-electron chi connectivity index (χ4n) is 2.73. The highest BCUT2D eigenvalue weighted by atomic mass is 79.9. The van der Waals surface area contributed by atoms with Gasteiger partial charge in [0, 0.05) is 11.6 Å². The van der Waals surface area contributed by atoms with Gasteiger partial charge in [0.2, 0.25) is 0 Å². The van der Waals surface area contributed by atoms with Crippen molar-refractivity contribution in [1.82, 2.24) is 0 Å². The van der Waals surface area contributed by atoms with Gasteiger partial charge in [-0.05, 0) is 53.2 Å². The summed E-state index contributed by atoms with van der Waals surface area (Å²) in [5, 5.41) is 0. The highest BCUT2D eigenvalue weighted by Gasteiger charge is 2.21. The second-order valence-corrected chi connectivity index (χ2v) is 6.03. The van der Waals surface area contributed by atoms with Crippen molar-refractivity contribution in [3.63, 3.8) is 0 Å². The van der Waals surface area contributed by atoms with Crippen LogP contribution in [0.1, 0.15) is 37.7 Å². The molecule has 0 radical (unpaired) electrons. The van der Waals surface area contributed by atoms with Crippen molar-refractivity contribution < 1.29 is 8.78 Å². The zero-order valence-electron chi connectivity index (χ0n) is 10.3. The molecule has 18 heavy (non-hydrogen) atoms. The van der Waals surface area contributed by atoms with Crippen molar-refractivity contribution in [3.8, 4) is 0 Å². The third kappa shape index (κ3) is 3.29. The molecule has 2 N–H and O–H groups in total. The van der Waals surface area contributed by atoms with Crippen LogP contribution in [0.15, 0.2) is 16.6 Å². The van der Waals surface area contributed by atoms with Gasteiger partial charge < -0.3 is 5.73 Å². The van der Waals surface area contributed by atoms with Gasteiger partial charge in [-0.1, -0.05) is 19.3 Å². The number of benzene rings is 1. The van der Waals surface area contributed by atoms with Gasteiger partial charge in [-0.3, -0.25) is 0 Å². The second-order valence-electron chi connectivity index (χ2n) is 5.17. The Hall–Kier alpha value is -0.480. The number of halogens is 3. The molecule has 1 aliphatic carbocycles. The van der Waals surface area contributed by atoms with Crippen LogP contribution < -0.4 is 5.73 Å². The van der Waals surface area contributed by atoms with Gasteiger partial charge in [-0.2, -0.15) is 0 Å². The first kappa shape index (κ1) is 13.9. The van der Waals surface area contributed by atoms with Crippen LogP contribution in [0.4, 0.5) is 8.78 Å². The molecule has 100 valence electrons. The molecule has 1 aliphatic rings. The average Bonchev–Trinajstić information content (AvgIpc) is 2.54. The van der Waals surface area contributed by atoms with Gasteiger partial charge in [0.15, 0.2) is 0 Å². The van der Waals surface area contributed by atoms with Gasteiger partial charge in [-0.15, -0.1) is 0 Å². The highest BCUT2D eigenvalue weighted by Crippen LogP contribution is 2.29. The van der Waals surface area contributed by atoms with Gasteiger partial charge >= 0.3 is 0 Å². The predicted molar refractivity (Wildman–Crippen MR) is 72.3 cm³/mol. The lowest BCUT2D eigenvalue weighted by Gasteiger charge is -2.18. The van der Waals surface area contributed by atoms with Crippen molar-refractivity contribution in [1.29, 1.82) is 0 Å². The fourth-order valence-corrected chi connectivity index (χ4v) is 3.11. The van der Waals surface area contributed by atoms with Crippen molar-refractivity contribution in [2.75, 3.05) is 0 Å². The van der Waals surface area contributed by atoms with Crippen LogP contribution in [0.25, 0.3) is 0 Å². The molecule has 1 fully saturated rings. The molecule has 1 nitrogen and oxygen atoms in total. The summed E-state index contributed by atoms with van der Waals surface area (Å²) in [7, 11) is 0.